The average molecular weight is 237 g/mol. The zero-order valence-corrected chi connectivity index (χ0v) is 8.45. The van der Waals surface area contributed by atoms with E-state index in [0.717, 1.165) is 0 Å². The maximum atomic E-state index is 10.8. The maximum Gasteiger partial charge on any atom is 0.253 e. The van der Waals surface area contributed by atoms with Crippen molar-refractivity contribution in [1.29, 1.82) is 0 Å². The quantitative estimate of drug-likeness (QED) is 0.741. The maximum absolute atomic E-state index is 10.8. The summed E-state index contributed by atoms with van der Waals surface area (Å²) in [4.78, 5) is 21.5. The molecule has 1 aromatic rings. The van der Waals surface area contributed by atoms with Gasteiger partial charge in [0, 0.05) is 0 Å². The van der Waals surface area contributed by atoms with Crippen molar-refractivity contribution in [2.75, 3.05) is 0 Å². The van der Waals surface area contributed by atoms with Crippen molar-refractivity contribution in [3.63, 3.8) is 0 Å². The van der Waals surface area contributed by atoms with Crippen LogP contribution in [0.4, 0.5) is 0 Å². The van der Waals surface area contributed by atoms with Gasteiger partial charge >= 0.3 is 0 Å². The lowest BCUT2D eigenvalue weighted by Gasteiger charge is -2.01. The van der Waals surface area contributed by atoms with Gasteiger partial charge in [0.1, 0.15) is 0 Å². The number of carbonyl (C=O) groups is 2. The standard InChI is InChI=1S/C8H3Cl3O2/c9-6-4(7(10)12)2-1-3-5(6)8(11)13/h1-3H. The summed E-state index contributed by atoms with van der Waals surface area (Å²) in [5.74, 6) is 0. The summed E-state index contributed by atoms with van der Waals surface area (Å²) >= 11 is 16.1. The second-order valence-corrected chi connectivity index (χ2v) is 3.28. The number of rotatable bonds is 2. The molecule has 0 atom stereocenters. The molecule has 0 N–H and O–H groups in total. The minimum absolute atomic E-state index is 0.0116. The molecule has 13 heavy (non-hydrogen) atoms. The normalized spacial score (nSPS) is 9.77. The van der Waals surface area contributed by atoms with Gasteiger partial charge in [-0.2, -0.15) is 0 Å². The summed E-state index contributed by atoms with van der Waals surface area (Å²) in [6, 6.07) is 4.32. The fraction of sp³-hybridized carbons (Fsp3) is 0. The first-order valence-electron chi connectivity index (χ1n) is 3.22. The van der Waals surface area contributed by atoms with E-state index in [0.29, 0.717) is 0 Å². The minimum Gasteiger partial charge on any atom is -0.276 e. The largest absolute Gasteiger partial charge is 0.276 e. The molecule has 1 rings (SSSR count). The first kappa shape index (κ1) is 10.5. The Bertz CT molecular complexity index is 341. The third-order valence-electron chi connectivity index (χ3n) is 1.42. The second-order valence-electron chi connectivity index (χ2n) is 2.21. The highest BCUT2D eigenvalue weighted by atomic mass is 35.5. The highest BCUT2D eigenvalue weighted by Crippen LogP contribution is 2.23. The van der Waals surface area contributed by atoms with E-state index in [-0.39, 0.29) is 16.1 Å². The van der Waals surface area contributed by atoms with E-state index in [4.69, 9.17) is 34.8 Å². The molecular formula is C8H3Cl3O2. The van der Waals surface area contributed by atoms with Crippen LogP contribution >= 0.6 is 34.8 Å². The molecule has 0 saturated heterocycles. The number of hydrogen-bond donors (Lipinski definition) is 0. The van der Waals surface area contributed by atoms with Crippen LogP contribution in [0.3, 0.4) is 0 Å². The lowest BCUT2D eigenvalue weighted by atomic mass is 10.1. The van der Waals surface area contributed by atoms with Crippen LogP contribution in [0.5, 0.6) is 0 Å². The molecule has 0 aliphatic carbocycles. The third-order valence-corrected chi connectivity index (χ3v) is 2.24. The fourth-order valence-electron chi connectivity index (χ4n) is 0.836. The van der Waals surface area contributed by atoms with Gasteiger partial charge in [-0.05, 0) is 35.3 Å². The molecule has 5 heteroatoms. The van der Waals surface area contributed by atoms with E-state index >= 15 is 0 Å². The molecule has 68 valence electrons. The van der Waals surface area contributed by atoms with Gasteiger partial charge < -0.3 is 0 Å². The summed E-state index contributed by atoms with van der Waals surface area (Å²) in [5.41, 5.74) is 0.157. The Kier molecular flexibility index (Phi) is 3.31. The van der Waals surface area contributed by atoms with Gasteiger partial charge in [0.2, 0.25) is 0 Å². The van der Waals surface area contributed by atoms with Gasteiger partial charge in [-0.1, -0.05) is 17.7 Å². The van der Waals surface area contributed by atoms with Gasteiger partial charge in [0.05, 0.1) is 16.1 Å². The summed E-state index contributed by atoms with van der Waals surface area (Å²) in [6.07, 6.45) is 0. The first-order valence-corrected chi connectivity index (χ1v) is 4.35. The lowest BCUT2D eigenvalue weighted by Crippen LogP contribution is -1.97. The van der Waals surface area contributed by atoms with Crippen LogP contribution in [0.25, 0.3) is 0 Å². The van der Waals surface area contributed by atoms with Crippen molar-refractivity contribution >= 4 is 45.3 Å². The van der Waals surface area contributed by atoms with E-state index < -0.39 is 10.5 Å². The molecule has 0 amide bonds. The predicted molar refractivity (Wildman–Crippen MR) is 51.8 cm³/mol. The van der Waals surface area contributed by atoms with E-state index in [1.54, 1.807) is 0 Å². The zero-order valence-electron chi connectivity index (χ0n) is 6.18. The summed E-state index contributed by atoms with van der Waals surface area (Å²) < 4.78 is 0. The highest BCUT2D eigenvalue weighted by Gasteiger charge is 2.14. The van der Waals surface area contributed by atoms with Crippen molar-refractivity contribution in [3.05, 3.63) is 34.3 Å². The van der Waals surface area contributed by atoms with Crippen LogP contribution in [-0.4, -0.2) is 10.5 Å². The van der Waals surface area contributed by atoms with Crippen LogP contribution in [0.15, 0.2) is 18.2 Å². The Balaban J connectivity index is 3.35. The molecule has 0 bridgehead atoms. The Hall–Kier alpha value is -0.570. The summed E-state index contributed by atoms with van der Waals surface area (Å²) in [5, 5.41) is -1.45. The second kappa shape index (κ2) is 4.09. The topological polar surface area (TPSA) is 34.1 Å². The van der Waals surface area contributed by atoms with Gasteiger partial charge in [0.15, 0.2) is 0 Å². The third kappa shape index (κ3) is 2.21. The SMILES string of the molecule is O=C(Cl)c1cccc(C(=O)Cl)c1Cl. The lowest BCUT2D eigenvalue weighted by molar-refractivity contribution is 0.108. The number of benzene rings is 1. The van der Waals surface area contributed by atoms with Crippen LogP contribution in [0.2, 0.25) is 5.02 Å². The smallest absolute Gasteiger partial charge is 0.253 e. The van der Waals surface area contributed by atoms with Gasteiger partial charge in [-0.3, -0.25) is 9.59 Å². The van der Waals surface area contributed by atoms with Gasteiger partial charge in [-0.25, -0.2) is 0 Å². The Morgan fingerprint density at radius 1 is 1.00 bits per heavy atom. The van der Waals surface area contributed by atoms with Crippen LogP contribution in [0.1, 0.15) is 20.7 Å². The van der Waals surface area contributed by atoms with Crippen LogP contribution < -0.4 is 0 Å². The molecule has 2 nitrogen and oxygen atoms in total. The molecule has 0 radical (unpaired) electrons. The molecule has 0 unspecified atom stereocenters. The number of carbonyl (C=O) groups excluding carboxylic acids is 2. The van der Waals surface area contributed by atoms with Gasteiger partial charge in [-0.15, -0.1) is 0 Å². The molecule has 1 aromatic carbocycles. The van der Waals surface area contributed by atoms with Crippen LogP contribution in [-0.2, 0) is 0 Å². The predicted octanol–water partition coefficient (Wildman–Crippen LogP) is 3.10. The van der Waals surface area contributed by atoms with E-state index in [1.807, 2.05) is 0 Å². The van der Waals surface area contributed by atoms with Crippen molar-refractivity contribution < 1.29 is 9.59 Å². The Morgan fingerprint density at radius 2 is 1.38 bits per heavy atom. The van der Waals surface area contributed by atoms with Crippen molar-refractivity contribution in [2.24, 2.45) is 0 Å². The fourth-order valence-corrected chi connectivity index (χ4v) is 1.54. The van der Waals surface area contributed by atoms with Crippen molar-refractivity contribution in [1.82, 2.24) is 0 Å². The molecule has 0 heterocycles. The van der Waals surface area contributed by atoms with E-state index in [2.05, 4.69) is 0 Å². The summed E-state index contributed by atoms with van der Waals surface area (Å²) in [6.45, 7) is 0. The van der Waals surface area contributed by atoms with Crippen molar-refractivity contribution in [3.8, 4) is 0 Å². The van der Waals surface area contributed by atoms with E-state index in [9.17, 15) is 9.59 Å². The molecule has 0 saturated carbocycles. The number of halogens is 3. The number of hydrogen-bond acceptors (Lipinski definition) is 2. The molecule has 0 aliphatic rings. The monoisotopic (exact) mass is 236 g/mol. The van der Waals surface area contributed by atoms with Gasteiger partial charge in [0.25, 0.3) is 10.5 Å². The molecule has 0 aromatic heterocycles. The molecule has 0 spiro atoms. The first-order chi connectivity index (χ1) is 6.04. The van der Waals surface area contributed by atoms with Crippen molar-refractivity contribution in [2.45, 2.75) is 0 Å². The Morgan fingerprint density at radius 3 is 1.69 bits per heavy atom. The molecule has 0 aliphatic heterocycles. The highest BCUT2D eigenvalue weighted by molar-refractivity contribution is 6.71. The summed E-state index contributed by atoms with van der Waals surface area (Å²) in [7, 11) is 0. The zero-order chi connectivity index (χ0) is 10.0. The average Bonchev–Trinajstić information content (AvgIpc) is 2.03. The molecule has 0 fully saturated rings. The van der Waals surface area contributed by atoms with E-state index in [1.165, 1.54) is 18.2 Å². The van der Waals surface area contributed by atoms with Crippen LogP contribution in [0, 0.1) is 0 Å². The molecular weight excluding hydrogens is 234 g/mol. The minimum atomic E-state index is -0.718. The Labute approximate surface area is 89.4 Å².